The normalized spacial score (nSPS) is 10.7. The van der Waals surface area contributed by atoms with E-state index >= 15 is 0 Å². The van der Waals surface area contributed by atoms with Gasteiger partial charge in [0.15, 0.2) is 0 Å². The van der Waals surface area contributed by atoms with Crippen molar-refractivity contribution in [3.05, 3.63) is 64.6 Å². The lowest BCUT2D eigenvalue weighted by Crippen LogP contribution is -2.00. The lowest BCUT2D eigenvalue weighted by molar-refractivity contribution is 0.309. The number of H-pyrrole nitrogens is 2. The molecule has 2 N–H and O–H groups in total. The maximum Gasteiger partial charge on any atom is 0.323 e. The number of ether oxygens (including phenoxy) is 1. The van der Waals surface area contributed by atoms with E-state index in [0.717, 1.165) is 11.1 Å². The van der Waals surface area contributed by atoms with Crippen molar-refractivity contribution in [3.63, 3.8) is 0 Å². The molecule has 0 aliphatic rings. The summed E-state index contributed by atoms with van der Waals surface area (Å²) < 4.78 is 5.73. The number of fused-ring (bicyclic) bond motifs is 1. The Bertz CT molecular complexity index is 713. The Balaban J connectivity index is 1.89. The van der Waals surface area contributed by atoms with E-state index in [4.69, 9.17) is 4.74 Å². The highest BCUT2D eigenvalue weighted by atomic mass is 16.5. The lowest BCUT2D eigenvalue weighted by Gasteiger charge is -2.06. The number of aromatic nitrogens is 2. The van der Waals surface area contributed by atoms with Gasteiger partial charge >= 0.3 is 5.69 Å². The largest absolute Gasteiger partial charge is 0.487 e. The number of hydrogen-bond donors (Lipinski definition) is 2. The monoisotopic (exact) mass is 240 g/mol. The summed E-state index contributed by atoms with van der Waals surface area (Å²) >= 11 is 0. The molecule has 18 heavy (non-hydrogen) atoms. The molecule has 4 heteroatoms. The summed E-state index contributed by atoms with van der Waals surface area (Å²) in [7, 11) is 0. The minimum Gasteiger partial charge on any atom is -0.487 e. The molecule has 3 aromatic rings. The summed E-state index contributed by atoms with van der Waals surface area (Å²) in [5.41, 5.74) is 2.33. The van der Waals surface area contributed by atoms with Crippen LogP contribution in [0.15, 0.2) is 53.3 Å². The number of hydrogen-bond acceptors (Lipinski definition) is 2. The van der Waals surface area contributed by atoms with Gasteiger partial charge in [0.2, 0.25) is 0 Å². The number of imidazole rings is 1. The molecule has 0 bridgehead atoms. The average Bonchev–Trinajstić information content (AvgIpc) is 2.78. The average molecular weight is 240 g/mol. The molecule has 0 unspecified atom stereocenters. The van der Waals surface area contributed by atoms with Gasteiger partial charge < -0.3 is 14.7 Å². The molecule has 0 spiro atoms. The summed E-state index contributed by atoms with van der Waals surface area (Å²) in [6.07, 6.45) is 0. The summed E-state index contributed by atoms with van der Waals surface area (Å²) in [4.78, 5) is 16.7. The first-order valence-corrected chi connectivity index (χ1v) is 5.71. The van der Waals surface area contributed by atoms with E-state index in [1.165, 1.54) is 0 Å². The van der Waals surface area contributed by atoms with Gasteiger partial charge in [-0.15, -0.1) is 0 Å². The molecule has 0 atom stereocenters. The van der Waals surface area contributed by atoms with Crippen molar-refractivity contribution in [3.8, 4) is 5.75 Å². The van der Waals surface area contributed by atoms with Crippen molar-refractivity contribution in [2.45, 2.75) is 6.61 Å². The van der Waals surface area contributed by atoms with Crippen LogP contribution >= 0.6 is 0 Å². The first-order chi connectivity index (χ1) is 8.83. The number of benzene rings is 2. The van der Waals surface area contributed by atoms with Crippen LogP contribution in [0.4, 0.5) is 0 Å². The Labute approximate surface area is 103 Å². The van der Waals surface area contributed by atoms with Crippen LogP contribution < -0.4 is 10.4 Å². The molecule has 90 valence electrons. The van der Waals surface area contributed by atoms with Gasteiger partial charge in [0.1, 0.15) is 17.9 Å². The van der Waals surface area contributed by atoms with E-state index < -0.39 is 0 Å². The third kappa shape index (κ3) is 2.00. The van der Waals surface area contributed by atoms with Crippen LogP contribution in [0.2, 0.25) is 0 Å². The molecule has 3 rings (SSSR count). The molecule has 2 aromatic carbocycles. The molecule has 4 nitrogen and oxygen atoms in total. The predicted molar refractivity (Wildman–Crippen MR) is 69.7 cm³/mol. The molecule has 0 amide bonds. The third-order valence-electron chi connectivity index (χ3n) is 2.75. The van der Waals surface area contributed by atoms with Crippen LogP contribution in [-0.4, -0.2) is 9.97 Å². The Kier molecular flexibility index (Phi) is 2.61. The summed E-state index contributed by atoms with van der Waals surface area (Å²) in [6.45, 7) is 0.479. The lowest BCUT2D eigenvalue weighted by atomic mass is 10.2. The van der Waals surface area contributed by atoms with Crippen molar-refractivity contribution >= 4 is 11.0 Å². The highest BCUT2D eigenvalue weighted by Gasteiger charge is 2.05. The fourth-order valence-corrected chi connectivity index (χ4v) is 1.89. The van der Waals surface area contributed by atoms with Crippen molar-refractivity contribution < 1.29 is 4.74 Å². The second kappa shape index (κ2) is 4.41. The number of aromatic amines is 2. The first kappa shape index (κ1) is 10.7. The van der Waals surface area contributed by atoms with E-state index in [2.05, 4.69) is 9.97 Å². The van der Waals surface area contributed by atoms with Gasteiger partial charge in [0, 0.05) is 0 Å². The number of nitrogens with one attached hydrogen (secondary N) is 2. The van der Waals surface area contributed by atoms with Crippen LogP contribution in [0.3, 0.4) is 0 Å². The molecular weight excluding hydrogens is 228 g/mol. The zero-order valence-corrected chi connectivity index (χ0v) is 9.64. The fraction of sp³-hybridized carbons (Fsp3) is 0.0714. The SMILES string of the molecule is O=c1[nH]c2cccc(OCc3ccccc3)c2[nH]1. The van der Waals surface area contributed by atoms with Crippen LogP contribution in [0, 0.1) is 0 Å². The minimum atomic E-state index is -0.222. The fourth-order valence-electron chi connectivity index (χ4n) is 1.89. The van der Waals surface area contributed by atoms with Gasteiger partial charge in [-0.05, 0) is 17.7 Å². The molecule has 1 aromatic heterocycles. The smallest absolute Gasteiger partial charge is 0.323 e. The maximum absolute atomic E-state index is 11.2. The van der Waals surface area contributed by atoms with Gasteiger partial charge in [0.25, 0.3) is 0 Å². The summed E-state index contributed by atoms with van der Waals surface area (Å²) in [6, 6.07) is 15.4. The molecule has 0 aliphatic heterocycles. The Morgan fingerprint density at radius 3 is 2.61 bits per heavy atom. The Morgan fingerprint density at radius 1 is 0.944 bits per heavy atom. The van der Waals surface area contributed by atoms with Gasteiger partial charge in [-0.25, -0.2) is 4.79 Å². The molecular formula is C14H12N2O2. The summed E-state index contributed by atoms with van der Waals surface area (Å²) in [5, 5.41) is 0. The van der Waals surface area contributed by atoms with Gasteiger partial charge in [-0.1, -0.05) is 36.4 Å². The van der Waals surface area contributed by atoms with Crippen molar-refractivity contribution in [1.82, 2.24) is 9.97 Å². The highest BCUT2D eigenvalue weighted by Crippen LogP contribution is 2.21. The Hall–Kier alpha value is -2.49. The third-order valence-corrected chi connectivity index (χ3v) is 2.75. The summed E-state index contributed by atoms with van der Waals surface area (Å²) in [5.74, 6) is 0.676. The topological polar surface area (TPSA) is 57.9 Å². The van der Waals surface area contributed by atoms with Crippen molar-refractivity contribution in [1.29, 1.82) is 0 Å². The number of rotatable bonds is 3. The van der Waals surface area contributed by atoms with Crippen molar-refractivity contribution in [2.75, 3.05) is 0 Å². The minimum absolute atomic E-state index is 0.222. The van der Waals surface area contributed by atoms with Gasteiger partial charge in [0.05, 0.1) is 5.52 Å². The predicted octanol–water partition coefficient (Wildman–Crippen LogP) is 2.44. The van der Waals surface area contributed by atoms with Crippen LogP contribution in [-0.2, 0) is 6.61 Å². The molecule has 0 saturated heterocycles. The molecule has 0 saturated carbocycles. The van der Waals surface area contributed by atoms with E-state index in [1.54, 1.807) is 0 Å². The van der Waals surface area contributed by atoms with Crippen LogP contribution in [0.1, 0.15) is 5.56 Å². The van der Waals surface area contributed by atoms with E-state index in [0.29, 0.717) is 17.9 Å². The zero-order valence-electron chi connectivity index (χ0n) is 9.64. The first-order valence-electron chi connectivity index (χ1n) is 5.71. The van der Waals surface area contributed by atoms with E-state index in [-0.39, 0.29) is 5.69 Å². The standard InChI is InChI=1S/C14H12N2O2/c17-14-15-11-7-4-8-12(13(11)16-14)18-9-10-5-2-1-3-6-10/h1-8H,9H2,(H2,15,16,17). The highest BCUT2D eigenvalue weighted by molar-refractivity contribution is 5.80. The van der Waals surface area contributed by atoms with Gasteiger partial charge in [-0.2, -0.15) is 0 Å². The maximum atomic E-state index is 11.2. The van der Waals surface area contributed by atoms with Crippen molar-refractivity contribution in [2.24, 2.45) is 0 Å². The zero-order chi connectivity index (χ0) is 12.4. The van der Waals surface area contributed by atoms with Crippen LogP contribution in [0.5, 0.6) is 5.75 Å². The molecule has 1 heterocycles. The van der Waals surface area contributed by atoms with E-state index in [1.807, 2.05) is 48.5 Å². The quantitative estimate of drug-likeness (QED) is 0.738. The van der Waals surface area contributed by atoms with E-state index in [9.17, 15) is 4.79 Å². The molecule has 0 aliphatic carbocycles. The van der Waals surface area contributed by atoms with Crippen LogP contribution in [0.25, 0.3) is 11.0 Å². The van der Waals surface area contributed by atoms with Gasteiger partial charge in [-0.3, -0.25) is 0 Å². The second-order valence-electron chi connectivity index (χ2n) is 4.03. The molecule has 0 radical (unpaired) electrons. The molecule has 0 fully saturated rings. The second-order valence-corrected chi connectivity index (χ2v) is 4.03. The number of para-hydroxylation sites is 1. The Morgan fingerprint density at radius 2 is 1.78 bits per heavy atom.